The molecule has 1 aromatic carbocycles. The molecule has 1 heterocycles. The van der Waals surface area contributed by atoms with Gasteiger partial charge in [0.1, 0.15) is 0 Å². The summed E-state index contributed by atoms with van der Waals surface area (Å²) in [6, 6.07) is 6.66. The lowest BCUT2D eigenvalue weighted by Crippen LogP contribution is -2.16. The van der Waals surface area contributed by atoms with Crippen LogP contribution in [0.15, 0.2) is 30.5 Å². The van der Waals surface area contributed by atoms with Crippen LogP contribution in [0.3, 0.4) is 0 Å². The molecule has 0 atom stereocenters. The highest BCUT2D eigenvalue weighted by molar-refractivity contribution is 5.32. The molecule has 0 aliphatic rings. The number of nitrogens with zero attached hydrogens (tertiary/aromatic N) is 2. The third-order valence-corrected chi connectivity index (χ3v) is 2.99. The van der Waals surface area contributed by atoms with Crippen LogP contribution < -0.4 is 5.32 Å². The number of aromatic amines is 1. The van der Waals surface area contributed by atoms with Gasteiger partial charge in [-0.3, -0.25) is 15.2 Å². The fourth-order valence-corrected chi connectivity index (χ4v) is 1.79. The minimum atomic E-state index is -0.385. The highest BCUT2D eigenvalue weighted by atomic mass is 16.6. The van der Waals surface area contributed by atoms with Crippen LogP contribution in [0, 0.1) is 17.0 Å². The van der Waals surface area contributed by atoms with Gasteiger partial charge in [-0.05, 0) is 25.5 Å². The summed E-state index contributed by atoms with van der Waals surface area (Å²) in [7, 11) is 0. The monoisotopic (exact) mass is 260 g/mol. The van der Waals surface area contributed by atoms with Gasteiger partial charge in [0, 0.05) is 29.9 Å². The zero-order valence-corrected chi connectivity index (χ0v) is 10.7. The van der Waals surface area contributed by atoms with Gasteiger partial charge in [-0.2, -0.15) is 5.10 Å². The molecule has 0 saturated carbocycles. The van der Waals surface area contributed by atoms with Gasteiger partial charge < -0.3 is 5.32 Å². The Morgan fingerprint density at radius 3 is 2.68 bits per heavy atom. The molecule has 0 spiro atoms. The van der Waals surface area contributed by atoms with Crippen molar-refractivity contribution in [2.24, 2.45) is 0 Å². The lowest BCUT2D eigenvalue weighted by Gasteiger charge is -2.04. The number of benzene rings is 1. The zero-order valence-electron chi connectivity index (χ0n) is 10.7. The van der Waals surface area contributed by atoms with Crippen LogP contribution in [0.2, 0.25) is 0 Å². The minimum Gasteiger partial charge on any atom is -0.312 e. The molecule has 0 amide bonds. The average molecular weight is 260 g/mol. The van der Waals surface area contributed by atoms with E-state index in [1.54, 1.807) is 12.1 Å². The van der Waals surface area contributed by atoms with Gasteiger partial charge in [0.25, 0.3) is 5.69 Å². The highest BCUT2D eigenvalue weighted by Crippen LogP contribution is 2.12. The number of hydrogen-bond donors (Lipinski definition) is 2. The van der Waals surface area contributed by atoms with Crippen LogP contribution in [0.25, 0.3) is 0 Å². The van der Waals surface area contributed by atoms with Gasteiger partial charge in [-0.25, -0.2) is 0 Å². The number of nitro benzene ring substituents is 1. The standard InChI is InChI=1S/C13H16N4O2/c1-10-12(9-15-16-10)8-14-7-6-11-2-4-13(5-3-11)17(18)19/h2-5,9,14H,6-8H2,1H3,(H,15,16). The molecule has 2 N–H and O–H groups in total. The summed E-state index contributed by atoms with van der Waals surface area (Å²) in [5.74, 6) is 0. The van der Waals surface area contributed by atoms with Crippen molar-refractivity contribution in [3.8, 4) is 0 Å². The van der Waals surface area contributed by atoms with Crippen LogP contribution >= 0.6 is 0 Å². The molecule has 6 heteroatoms. The van der Waals surface area contributed by atoms with E-state index < -0.39 is 0 Å². The number of hydrogen-bond acceptors (Lipinski definition) is 4. The molecule has 0 fully saturated rings. The largest absolute Gasteiger partial charge is 0.312 e. The molecular weight excluding hydrogens is 244 g/mol. The Morgan fingerprint density at radius 2 is 2.11 bits per heavy atom. The van der Waals surface area contributed by atoms with Crippen LogP contribution in [0.5, 0.6) is 0 Å². The van der Waals surface area contributed by atoms with Crippen molar-refractivity contribution in [1.82, 2.24) is 15.5 Å². The van der Waals surface area contributed by atoms with Gasteiger partial charge in [-0.15, -0.1) is 0 Å². The molecule has 2 rings (SSSR count). The van der Waals surface area contributed by atoms with Gasteiger partial charge >= 0.3 is 0 Å². The first-order valence-corrected chi connectivity index (χ1v) is 6.09. The molecule has 100 valence electrons. The summed E-state index contributed by atoms with van der Waals surface area (Å²) in [5, 5.41) is 20.7. The maximum absolute atomic E-state index is 10.5. The van der Waals surface area contributed by atoms with E-state index in [1.807, 2.05) is 13.1 Å². The second-order valence-corrected chi connectivity index (χ2v) is 4.37. The SMILES string of the molecule is Cc1[nH]ncc1CNCCc1ccc([N+](=O)[O-])cc1. The average Bonchev–Trinajstić information content (AvgIpc) is 2.81. The van der Waals surface area contributed by atoms with Crippen molar-refractivity contribution in [3.05, 3.63) is 57.4 Å². The predicted molar refractivity (Wildman–Crippen MR) is 71.8 cm³/mol. The van der Waals surface area contributed by atoms with Crippen molar-refractivity contribution in [2.75, 3.05) is 6.54 Å². The van der Waals surface area contributed by atoms with E-state index in [0.29, 0.717) is 0 Å². The maximum atomic E-state index is 10.5. The van der Waals surface area contributed by atoms with E-state index in [9.17, 15) is 10.1 Å². The van der Waals surface area contributed by atoms with E-state index in [2.05, 4.69) is 15.5 Å². The van der Waals surface area contributed by atoms with E-state index in [4.69, 9.17) is 0 Å². The molecule has 1 aromatic heterocycles. The highest BCUT2D eigenvalue weighted by Gasteiger charge is 2.04. The van der Waals surface area contributed by atoms with Crippen molar-refractivity contribution < 1.29 is 4.92 Å². The second kappa shape index (κ2) is 6.10. The van der Waals surface area contributed by atoms with Crippen molar-refractivity contribution in [1.29, 1.82) is 0 Å². The molecule has 19 heavy (non-hydrogen) atoms. The van der Waals surface area contributed by atoms with Crippen LogP contribution in [0.4, 0.5) is 5.69 Å². The first-order chi connectivity index (χ1) is 9.16. The lowest BCUT2D eigenvalue weighted by atomic mass is 10.1. The first-order valence-electron chi connectivity index (χ1n) is 6.09. The van der Waals surface area contributed by atoms with Crippen LogP contribution in [0.1, 0.15) is 16.8 Å². The Labute approximate surface area is 111 Å². The van der Waals surface area contributed by atoms with Crippen LogP contribution in [-0.2, 0) is 13.0 Å². The second-order valence-electron chi connectivity index (χ2n) is 4.37. The Kier molecular flexibility index (Phi) is 4.25. The molecule has 0 aliphatic heterocycles. The molecule has 0 saturated heterocycles. The Hall–Kier alpha value is -2.21. The number of aryl methyl sites for hydroxylation is 1. The molecule has 0 bridgehead atoms. The zero-order chi connectivity index (χ0) is 13.7. The first kappa shape index (κ1) is 13.2. The third-order valence-electron chi connectivity index (χ3n) is 2.99. The number of rotatable bonds is 6. The fourth-order valence-electron chi connectivity index (χ4n) is 1.79. The van der Waals surface area contributed by atoms with Gasteiger partial charge in [0.05, 0.1) is 11.1 Å². The number of nitro groups is 1. The summed E-state index contributed by atoms with van der Waals surface area (Å²) >= 11 is 0. The van der Waals surface area contributed by atoms with E-state index in [0.717, 1.165) is 36.3 Å². The molecule has 6 nitrogen and oxygen atoms in total. The summed E-state index contributed by atoms with van der Waals surface area (Å²) in [6.45, 7) is 3.58. The van der Waals surface area contributed by atoms with Gasteiger partial charge in [0.15, 0.2) is 0 Å². The summed E-state index contributed by atoms with van der Waals surface area (Å²) in [4.78, 5) is 10.1. The third kappa shape index (κ3) is 3.62. The Bertz CT molecular complexity index is 548. The summed E-state index contributed by atoms with van der Waals surface area (Å²) in [5.41, 5.74) is 3.44. The topological polar surface area (TPSA) is 83.8 Å². The van der Waals surface area contributed by atoms with Crippen LogP contribution in [-0.4, -0.2) is 21.7 Å². The number of H-pyrrole nitrogens is 1. The molecule has 0 radical (unpaired) electrons. The van der Waals surface area contributed by atoms with Crippen molar-refractivity contribution in [2.45, 2.75) is 19.9 Å². The normalized spacial score (nSPS) is 10.6. The number of non-ortho nitro benzene ring substituents is 1. The van der Waals surface area contributed by atoms with Crippen molar-refractivity contribution in [3.63, 3.8) is 0 Å². The maximum Gasteiger partial charge on any atom is 0.269 e. The summed E-state index contributed by atoms with van der Waals surface area (Å²) < 4.78 is 0. The Balaban J connectivity index is 1.76. The Morgan fingerprint density at radius 1 is 1.37 bits per heavy atom. The smallest absolute Gasteiger partial charge is 0.269 e. The van der Waals surface area contributed by atoms with E-state index in [1.165, 1.54) is 12.1 Å². The predicted octanol–water partition coefficient (Wildman–Crippen LogP) is 1.96. The van der Waals surface area contributed by atoms with Gasteiger partial charge in [0.2, 0.25) is 0 Å². The van der Waals surface area contributed by atoms with E-state index >= 15 is 0 Å². The number of nitrogens with one attached hydrogen (secondary N) is 2. The van der Waals surface area contributed by atoms with Crippen molar-refractivity contribution >= 4 is 5.69 Å². The minimum absolute atomic E-state index is 0.130. The molecule has 0 unspecified atom stereocenters. The summed E-state index contributed by atoms with van der Waals surface area (Å²) in [6.07, 6.45) is 2.66. The molecule has 2 aromatic rings. The number of aromatic nitrogens is 2. The van der Waals surface area contributed by atoms with E-state index in [-0.39, 0.29) is 10.6 Å². The van der Waals surface area contributed by atoms with Gasteiger partial charge in [-0.1, -0.05) is 12.1 Å². The quantitative estimate of drug-likeness (QED) is 0.472. The molecule has 0 aliphatic carbocycles. The fraction of sp³-hybridized carbons (Fsp3) is 0.308. The lowest BCUT2D eigenvalue weighted by molar-refractivity contribution is -0.384. The molecular formula is C13H16N4O2.